The molecule has 21 heavy (non-hydrogen) atoms. The van der Waals surface area contributed by atoms with Gasteiger partial charge in [0.15, 0.2) is 0 Å². The number of halogens is 1. The van der Waals surface area contributed by atoms with Crippen LogP contribution in [0.25, 0.3) is 0 Å². The molecule has 1 aliphatic carbocycles. The van der Waals surface area contributed by atoms with Crippen LogP contribution >= 0.6 is 27.3 Å². The van der Waals surface area contributed by atoms with Crippen LogP contribution in [0.4, 0.5) is 5.69 Å². The number of fused-ring (bicyclic) bond motifs is 1. The average Bonchev–Trinajstić information content (AvgIpc) is 2.88. The summed E-state index contributed by atoms with van der Waals surface area (Å²) in [5, 5.41) is 4.03. The van der Waals surface area contributed by atoms with E-state index in [4.69, 9.17) is 0 Å². The number of amides is 1. The number of benzene rings is 1. The van der Waals surface area contributed by atoms with Gasteiger partial charge in [-0.1, -0.05) is 22.0 Å². The van der Waals surface area contributed by atoms with Gasteiger partial charge in [-0.2, -0.15) is 0 Å². The maximum Gasteiger partial charge on any atom is 0.224 e. The predicted molar refractivity (Wildman–Crippen MR) is 89.8 cm³/mol. The fourth-order valence-corrected chi connectivity index (χ4v) is 4.08. The molecule has 0 saturated heterocycles. The molecule has 0 saturated carbocycles. The highest BCUT2D eigenvalue weighted by atomic mass is 79.9. The topological polar surface area (TPSA) is 42.0 Å². The lowest BCUT2D eigenvalue weighted by atomic mass is 10.0. The van der Waals surface area contributed by atoms with Crippen molar-refractivity contribution < 1.29 is 4.79 Å². The van der Waals surface area contributed by atoms with Crippen LogP contribution in [0, 0.1) is 0 Å². The third-order valence-corrected chi connectivity index (χ3v) is 5.27. The number of hydrogen-bond donors (Lipinski definition) is 1. The number of nitrogens with zero attached hydrogens (tertiary/aromatic N) is 1. The van der Waals surface area contributed by atoms with Gasteiger partial charge in [-0.25, -0.2) is 4.98 Å². The molecule has 0 fully saturated rings. The van der Waals surface area contributed by atoms with Crippen molar-refractivity contribution in [1.82, 2.24) is 4.98 Å². The predicted octanol–water partition coefficient (Wildman–Crippen LogP) is 4.36. The van der Waals surface area contributed by atoms with Crippen molar-refractivity contribution in [3.05, 3.63) is 44.3 Å². The number of nitrogens with one attached hydrogen (secondary N) is 1. The Morgan fingerprint density at radius 2 is 2.19 bits per heavy atom. The number of aryl methyl sites for hydroxylation is 3. The van der Waals surface area contributed by atoms with Gasteiger partial charge in [-0.05, 0) is 43.9 Å². The van der Waals surface area contributed by atoms with Crippen LogP contribution in [-0.2, 0) is 24.1 Å². The van der Waals surface area contributed by atoms with E-state index in [0.29, 0.717) is 6.42 Å². The van der Waals surface area contributed by atoms with Gasteiger partial charge >= 0.3 is 0 Å². The molecule has 5 heteroatoms. The SMILES string of the molecule is O=C(CCc1nc2c(s1)CCCC2)Nc1cccc(Br)c1. The minimum Gasteiger partial charge on any atom is -0.326 e. The molecule has 0 radical (unpaired) electrons. The fraction of sp³-hybridized carbons (Fsp3) is 0.375. The largest absolute Gasteiger partial charge is 0.326 e. The normalized spacial score (nSPS) is 13.8. The van der Waals surface area contributed by atoms with Gasteiger partial charge < -0.3 is 5.32 Å². The van der Waals surface area contributed by atoms with E-state index in [0.717, 1.165) is 34.4 Å². The van der Waals surface area contributed by atoms with E-state index in [1.54, 1.807) is 11.3 Å². The first kappa shape index (κ1) is 14.7. The molecule has 0 bridgehead atoms. The minimum absolute atomic E-state index is 0.0428. The molecular weight excluding hydrogens is 348 g/mol. The van der Waals surface area contributed by atoms with Crippen LogP contribution in [0.1, 0.15) is 34.8 Å². The highest BCUT2D eigenvalue weighted by molar-refractivity contribution is 9.10. The number of anilines is 1. The van der Waals surface area contributed by atoms with E-state index in [2.05, 4.69) is 26.2 Å². The van der Waals surface area contributed by atoms with Crippen molar-refractivity contribution in [2.75, 3.05) is 5.32 Å². The smallest absolute Gasteiger partial charge is 0.224 e. The zero-order chi connectivity index (χ0) is 14.7. The lowest BCUT2D eigenvalue weighted by Crippen LogP contribution is -2.12. The van der Waals surface area contributed by atoms with E-state index < -0.39 is 0 Å². The maximum atomic E-state index is 12.0. The van der Waals surface area contributed by atoms with Gasteiger partial charge in [0, 0.05) is 27.9 Å². The van der Waals surface area contributed by atoms with Crippen LogP contribution in [0.3, 0.4) is 0 Å². The van der Waals surface area contributed by atoms with Gasteiger partial charge in [0.25, 0.3) is 0 Å². The van der Waals surface area contributed by atoms with E-state index >= 15 is 0 Å². The van der Waals surface area contributed by atoms with E-state index in [-0.39, 0.29) is 5.91 Å². The maximum absolute atomic E-state index is 12.0. The molecule has 1 aliphatic rings. The van der Waals surface area contributed by atoms with Crippen LogP contribution < -0.4 is 5.32 Å². The summed E-state index contributed by atoms with van der Waals surface area (Å²) in [6, 6.07) is 7.65. The molecular formula is C16H17BrN2OS. The summed E-state index contributed by atoms with van der Waals surface area (Å²) in [5.41, 5.74) is 2.10. The van der Waals surface area contributed by atoms with Crippen molar-refractivity contribution in [3.63, 3.8) is 0 Å². The zero-order valence-corrected chi connectivity index (χ0v) is 14.1. The van der Waals surface area contributed by atoms with Crippen LogP contribution in [0.5, 0.6) is 0 Å². The highest BCUT2D eigenvalue weighted by Gasteiger charge is 2.15. The molecule has 1 heterocycles. The van der Waals surface area contributed by atoms with Gasteiger partial charge in [0.1, 0.15) is 0 Å². The number of carbonyl (C=O) groups is 1. The first-order valence-electron chi connectivity index (χ1n) is 7.23. The molecule has 0 aliphatic heterocycles. The monoisotopic (exact) mass is 364 g/mol. The van der Waals surface area contributed by atoms with Gasteiger partial charge in [0.2, 0.25) is 5.91 Å². The lowest BCUT2D eigenvalue weighted by Gasteiger charge is -2.06. The molecule has 1 N–H and O–H groups in total. The summed E-state index contributed by atoms with van der Waals surface area (Å²) in [6.07, 6.45) is 6.02. The Morgan fingerprint density at radius 1 is 1.33 bits per heavy atom. The fourth-order valence-electron chi connectivity index (χ4n) is 2.52. The Morgan fingerprint density at radius 3 is 3.00 bits per heavy atom. The third kappa shape index (κ3) is 3.92. The number of aromatic nitrogens is 1. The molecule has 1 aromatic heterocycles. The van der Waals surface area contributed by atoms with Crippen LogP contribution in [0.2, 0.25) is 0 Å². The Labute approximate surface area is 136 Å². The van der Waals surface area contributed by atoms with E-state index in [1.807, 2.05) is 24.3 Å². The van der Waals surface area contributed by atoms with Gasteiger partial charge in [-0.15, -0.1) is 11.3 Å². The summed E-state index contributed by atoms with van der Waals surface area (Å²) in [6.45, 7) is 0. The zero-order valence-electron chi connectivity index (χ0n) is 11.7. The van der Waals surface area contributed by atoms with Gasteiger partial charge in [-0.3, -0.25) is 4.79 Å². The molecule has 3 rings (SSSR count). The van der Waals surface area contributed by atoms with E-state index in [1.165, 1.54) is 23.4 Å². The standard InChI is InChI=1S/C16H17BrN2OS/c17-11-4-3-5-12(10-11)18-15(20)8-9-16-19-13-6-1-2-7-14(13)21-16/h3-5,10H,1-2,6-9H2,(H,18,20). The van der Waals surface area contributed by atoms with Gasteiger partial charge in [0.05, 0.1) is 10.7 Å². The molecule has 0 unspecified atom stereocenters. The summed E-state index contributed by atoms with van der Waals surface area (Å²) in [7, 11) is 0. The Kier molecular flexibility index (Phi) is 4.70. The Hall–Kier alpha value is -1.20. The summed E-state index contributed by atoms with van der Waals surface area (Å²) in [4.78, 5) is 18.1. The molecule has 0 atom stereocenters. The van der Waals surface area contributed by atoms with Crippen LogP contribution in [0.15, 0.2) is 28.7 Å². The summed E-state index contributed by atoms with van der Waals surface area (Å²) in [5.74, 6) is 0.0428. The molecule has 1 amide bonds. The Balaban J connectivity index is 1.55. The number of rotatable bonds is 4. The quantitative estimate of drug-likeness (QED) is 0.875. The second-order valence-corrected chi connectivity index (χ2v) is 7.33. The van der Waals surface area contributed by atoms with E-state index in [9.17, 15) is 4.79 Å². The van der Waals surface area contributed by atoms with Crippen LogP contribution in [-0.4, -0.2) is 10.9 Å². The summed E-state index contributed by atoms with van der Waals surface area (Å²) >= 11 is 5.19. The first-order chi connectivity index (χ1) is 10.2. The van der Waals surface area contributed by atoms with Crippen molar-refractivity contribution >= 4 is 38.9 Å². The first-order valence-corrected chi connectivity index (χ1v) is 8.84. The highest BCUT2D eigenvalue weighted by Crippen LogP contribution is 2.27. The molecule has 1 aromatic carbocycles. The number of hydrogen-bond acceptors (Lipinski definition) is 3. The van der Waals surface area contributed by atoms with Crippen molar-refractivity contribution in [1.29, 1.82) is 0 Å². The lowest BCUT2D eigenvalue weighted by molar-refractivity contribution is -0.116. The second-order valence-electron chi connectivity index (χ2n) is 5.24. The van der Waals surface area contributed by atoms with Crippen molar-refractivity contribution in [3.8, 4) is 0 Å². The number of carbonyl (C=O) groups excluding carboxylic acids is 1. The van der Waals surface area contributed by atoms with Crippen molar-refractivity contribution in [2.24, 2.45) is 0 Å². The Bertz CT molecular complexity index is 630. The molecule has 0 spiro atoms. The molecule has 3 nitrogen and oxygen atoms in total. The molecule has 2 aromatic rings. The van der Waals surface area contributed by atoms with Crippen molar-refractivity contribution in [2.45, 2.75) is 38.5 Å². The minimum atomic E-state index is 0.0428. The molecule has 110 valence electrons. The number of thiazole rings is 1. The average molecular weight is 365 g/mol. The second kappa shape index (κ2) is 6.71. The third-order valence-electron chi connectivity index (χ3n) is 3.56. The summed E-state index contributed by atoms with van der Waals surface area (Å²) < 4.78 is 0.966.